The van der Waals surface area contributed by atoms with E-state index >= 15 is 0 Å². The average molecular weight is 264 g/mol. The minimum atomic E-state index is -0.608. The average Bonchev–Trinajstić information content (AvgIpc) is 2.33. The van der Waals surface area contributed by atoms with Gasteiger partial charge < -0.3 is 10.8 Å². The van der Waals surface area contributed by atoms with Gasteiger partial charge in [0.05, 0.1) is 5.60 Å². The molecule has 1 fully saturated rings. The Kier molecular flexibility index (Phi) is 4.39. The Labute approximate surface area is 115 Å². The van der Waals surface area contributed by atoms with Crippen molar-refractivity contribution in [1.82, 2.24) is 14.8 Å². The first-order chi connectivity index (χ1) is 8.92. The monoisotopic (exact) mass is 264 g/mol. The number of aromatic nitrogens is 1. The van der Waals surface area contributed by atoms with Crippen LogP contribution in [0.1, 0.15) is 19.4 Å². The lowest BCUT2D eigenvalue weighted by Gasteiger charge is -2.37. The molecule has 0 atom stereocenters. The Morgan fingerprint density at radius 1 is 1.21 bits per heavy atom. The van der Waals surface area contributed by atoms with E-state index in [0.717, 1.165) is 39.3 Å². The lowest BCUT2D eigenvalue weighted by atomic mass is 10.1. The molecule has 0 aromatic carbocycles. The second-order valence-corrected chi connectivity index (χ2v) is 5.96. The molecule has 0 spiro atoms. The highest BCUT2D eigenvalue weighted by atomic mass is 16.3. The zero-order valence-electron chi connectivity index (χ0n) is 11.8. The van der Waals surface area contributed by atoms with Crippen molar-refractivity contribution in [2.75, 3.05) is 38.5 Å². The van der Waals surface area contributed by atoms with E-state index in [4.69, 9.17) is 5.73 Å². The Morgan fingerprint density at radius 2 is 1.84 bits per heavy atom. The fraction of sp³-hybridized carbons (Fsp3) is 0.643. The number of nitrogens with zero attached hydrogens (tertiary/aromatic N) is 3. The van der Waals surface area contributed by atoms with Gasteiger partial charge in [-0.05, 0) is 25.5 Å². The fourth-order valence-corrected chi connectivity index (χ4v) is 2.44. The first kappa shape index (κ1) is 14.2. The van der Waals surface area contributed by atoms with Crippen molar-refractivity contribution >= 4 is 5.82 Å². The van der Waals surface area contributed by atoms with Crippen molar-refractivity contribution in [1.29, 1.82) is 0 Å². The molecule has 5 nitrogen and oxygen atoms in total. The molecular formula is C14H24N4O. The van der Waals surface area contributed by atoms with Crippen LogP contribution in [0.15, 0.2) is 18.3 Å². The molecule has 0 radical (unpaired) electrons. The van der Waals surface area contributed by atoms with E-state index in [1.165, 1.54) is 5.56 Å². The molecule has 0 saturated carbocycles. The molecule has 106 valence electrons. The molecule has 5 heteroatoms. The molecule has 0 amide bonds. The number of pyridine rings is 1. The zero-order valence-corrected chi connectivity index (χ0v) is 11.8. The number of anilines is 1. The van der Waals surface area contributed by atoms with E-state index in [2.05, 4.69) is 14.8 Å². The number of nitrogen functional groups attached to an aromatic ring is 1. The van der Waals surface area contributed by atoms with Gasteiger partial charge in [-0.15, -0.1) is 0 Å². The zero-order chi connectivity index (χ0) is 13.9. The van der Waals surface area contributed by atoms with Gasteiger partial charge in [-0.1, -0.05) is 6.07 Å². The van der Waals surface area contributed by atoms with Gasteiger partial charge in [0.15, 0.2) is 0 Å². The van der Waals surface area contributed by atoms with Crippen LogP contribution >= 0.6 is 0 Å². The fourth-order valence-electron chi connectivity index (χ4n) is 2.44. The highest BCUT2D eigenvalue weighted by Crippen LogP contribution is 2.11. The number of rotatable bonds is 4. The molecule has 19 heavy (non-hydrogen) atoms. The lowest BCUT2D eigenvalue weighted by Crippen LogP contribution is -2.50. The summed E-state index contributed by atoms with van der Waals surface area (Å²) < 4.78 is 0. The van der Waals surface area contributed by atoms with Gasteiger partial charge in [0.25, 0.3) is 0 Å². The molecule has 1 aromatic rings. The van der Waals surface area contributed by atoms with Gasteiger partial charge in [0.2, 0.25) is 0 Å². The van der Waals surface area contributed by atoms with Crippen LogP contribution in [0.2, 0.25) is 0 Å². The molecule has 0 aliphatic carbocycles. The SMILES string of the molecule is CC(C)(O)CN1CCN(Cc2ccc(N)nc2)CC1. The summed E-state index contributed by atoms with van der Waals surface area (Å²) in [4.78, 5) is 8.84. The summed E-state index contributed by atoms with van der Waals surface area (Å²) in [7, 11) is 0. The third kappa shape index (κ3) is 4.78. The molecule has 2 rings (SSSR count). The normalized spacial score (nSPS) is 18.7. The maximum absolute atomic E-state index is 9.82. The molecule has 3 N–H and O–H groups in total. The van der Waals surface area contributed by atoms with Crippen molar-refractivity contribution in [3.8, 4) is 0 Å². The molecular weight excluding hydrogens is 240 g/mol. The predicted octanol–water partition coefficient (Wildman–Crippen LogP) is 0.552. The van der Waals surface area contributed by atoms with Crippen LogP contribution in [-0.2, 0) is 6.54 Å². The molecule has 0 bridgehead atoms. The van der Waals surface area contributed by atoms with E-state index in [1.807, 2.05) is 32.2 Å². The van der Waals surface area contributed by atoms with Gasteiger partial charge >= 0.3 is 0 Å². The minimum Gasteiger partial charge on any atom is -0.389 e. The van der Waals surface area contributed by atoms with Crippen molar-refractivity contribution in [3.05, 3.63) is 23.9 Å². The Bertz CT molecular complexity index is 391. The quantitative estimate of drug-likeness (QED) is 0.831. The van der Waals surface area contributed by atoms with Crippen LogP contribution in [0, 0.1) is 0 Å². The first-order valence-electron chi connectivity index (χ1n) is 6.80. The van der Waals surface area contributed by atoms with Crippen LogP contribution in [0.3, 0.4) is 0 Å². The van der Waals surface area contributed by atoms with Crippen molar-refractivity contribution in [3.63, 3.8) is 0 Å². The van der Waals surface area contributed by atoms with Gasteiger partial charge in [-0.2, -0.15) is 0 Å². The number of nitrogens with two attached hydrogens (primary N) is 1. The summed E-state index contributed by atoms with van der Waals surface area (Å²) in [6.07, 6.45) is 1.85. The lowest BCUT2D eigenvalue weighted by molar-refractivity contribution is 0.0166. The third-order valence-corrected chi connectivity index (χ3v) is 3.33. The summed E-state index contributed by atoms with van der Waals surface area (Å²) in [6, 6.07) is 3.88. The van der Waals surface area contributed by atoms with E-state index in [0.29, 0.717) is 5.82 Å². The third-order valence-electron chi connectivity index (χ3n) is 3.33. The summed E-state index contributed by atoms with van der Waals surface area (Å²) in [5, 5.41) is 9.82. The maximum atomic E-state index is 9.82. The van der Waals surface area contributed by atoms with Gasteiger partial charge in [-0.3, -0.25) is 9.80 Å². The second-order valence-electron chi connectivity index (χ2n) is 5.96. The smallest absolute Gasteiger partial charge is 0.123 e. The van der Waals surface area contributed by atoms with Crippen LogP contribution in [-0.4, -0.2) is 58.2 Å². The van der Waals surface area contributed by atoms with Crippen LogP contribution in [0.5, 0.6) is 0 Å². The molecule has 0 unspecified atom stereocenters. The predicted molar refractivity (Wildman–Crippen MR) is 76.7 cm³/mol. The summed E-state index contributed by atoms with van der Waals surface area (Å²) in [5.41, 5.74) is 6.17. The number of aliphatic hydroxyl groups is 1. The maximum Gasteiger partial charge on any atom is 0.123 e. The Morgan fingerprint density at radius 3 is 2.37 bits per heavy atom. The van der Waals surface area contributed by atoms with Gasteiger partial charge in [0.1, 0.15) is 5.82 Å². The van der Waals surface area contributed by atoms with Crippen molar-refractivity contribution < 1.29 is 5.11 Å². The van der Waals surface area contributed by atoms with E-state index in [-0.39, 0.29) is 0 Å². The van der Waals surface area contributed by atoms with E-state index in [1.54, 1.807) is 0 Å². The van der Waals surface area contributed by atoms with E-state index < -0.39 is 5.60 Å². The number of hydrogen-bond donors (Lipinski definition) is 2. The van der Waals surface area contributed by atoms with Gasteiger partial charge in [0, 0.05) is 45.5 Å². The highest BCUT2D eigenvalue weighted by Gasteiger charge is 2.22. The molecule has 1 aliphatic heterocycles. The number of β-amino-alcohol motifs (C(OH)–C–C–N with tert-alkyl or cyclic N) is 1. The summed E-state index contributed by atoms with van der Waals surface area (Å²) in [6.45, 7) is 9.45. The topological polar surface area (TPSA) is 65.6 Å². The van der Waals surface area contributed by atoms with Crippen LogP contribution in [0.25, 0.3) is 0 Å². The van der Waals surface area contributed by atoms with Crippen LogP contribution in [0.4, 0.5) is 5.82 Å². The largest absolute Gasteiger partial charge is 0.389 e. The van der Waals surface area contributed by atoms with Crippen molar-refractivity contribution in [2.24, 2.45) is 0 Å². The standard InChI is InChI=1S/C14H24N4O/c1-14(2,19)11-18-7-5-17(6-8-18)10-12-3-4-13(15)16-9-12/h3-4,9,19H,5-8,10-11H2,1-2H3,(H2,15,16). The molecule has 1 saturated heterocycles. The Balaban J connectivity index is 1.79. The number of piperazine rings is 1. The second kappa shape index (κ2) is 5.86. The molecule has 1 aliphatic rings. The summed E-state index contributed by atoms with van der Waals surface area (Å²) in [5.74, 6) is 0.568. The first-order valence-corrected chi connectivity index (χ1v) is 6.80. The van der Waals surface area contributed by atoms with Gasteiger partial charge in [-0.25, -0.2) is 4.98 Å². The van der Waals surface area contributed by atoms with E-state index in [9.17, 15) is 5.11 Å². The Hall–Kier alpha value is -1.17. The highest BCUT2D eigenvalue weighted by molar-refractivity contribution is 5.29. The molecule has 1 aromatic heterocycles. The minimum absolute atomic E-state index is 0.568. The molecule has 2 heterocycles. The van der Waals surface area contributed by atoms with Crippen LogP contribution < -0.4 is 5.73 Å². The number of hydrogen-bond acceptors (Lipinski definition) is 5. The van der Waals surface area contributed by atoms with Crippen molar-refractivity contribution in [2.45, 2.75) is 26.0 Å². The summed E-state index contributed by atoms with van der Waals surface area (Å²) >= 11 is 0.